The molecule has 4 aromatic rings. The van der Waals surface area contributed by atoms with Crippen LogP contribution in [0, 0.1) is 0 Å². The number of carbonyl (C=O) groups excluding carboxylic acids is 2. The van der Waals surface area contributed by atoms with E-state index in [0.29, 0.717) is 18.6 Å². The van der Waals surface area contributed by atoms with Crippen molar-refractivity contribution in [3.8, 4) is 11.3 Å². The lowest BCUT2D eigenvalue weighted by Gasteiger charge is -2.17. The maximum atomic E-state index is 13.0. The van der Waals surface area contributed by atoms with Gasteiger partial charge < -0.3 is 15.3 Å². The number of carbonyl (C=O) groups is 2. The van der Waals surface area contributed by atoms with Gasteiger partial charge in [0.25, 0.3) is 0 Å². The molecule has 7 heteroatoms. The van der Waals surface area contributed by atoms with Gasteiger partial charge in [-0.1, -0.05) is 50.1 Å². The van der Waals surface area contributed by atoms with Crippen LogP contribution in [0.4, 0.5) is 0 Å². The zero-order valence-corrected chi connectivity index (χ0v) is 19.5. The lowest BCUT2D eigenvalue weighted by Crippen LogP contribution is -2.30. The molecule has 3 heterocycles. The second-order valence-electron chi connectivity index (χ2n) is 8.55. The number of imidazole rings is 1. The molecule has 0 saturated heterocycles. The Morgan fingerprint density at radius 1 is 1.03 bits per heavy atom. The summed E-state index contributed by atoms with van der Waals surface area (Å²) >= 11 is 0. The fourth-order valence-corrected chi connectivity index (χ4v) is 4.16. The van der Waals surface area contributed by atoms with Crippen molar-refractivity contribution in [2.24, 2.45) is 0 Å². The second kappa shape index (κ2) is 11.4. The molecule has 3 aromatic heterocycles. The first kappa shape index (κ1) is 23.4. The van der Waals surface area contributed by atoms with E-state index in [4.69, 9.17) is 0 Å². The molecule has 1 aromatic carbocycles. The van der Waals surface area contributed by atoms with Crippen LogP contribution in [0.1, 0.15) is 62.9 Å². The van der Waals surface area contributed by atoms with Gasteiger partial charge in [0.05, 0.1) is 24.4 Å². The molecule has 0 spiro atoms. The highest BCUT2D eigenvalue weighted by Crippen LogP contribution is 2.23. The third-order valence-corrected chi connectivity index (χ3v) is 6.08. The molecule has 0 unspecified atom stereocenters. The molecular formula is C27H31N5O2. The Labute approximate surface area is 199 Å². The number of aromatic amines is 2. The molecule has 1 atom stereocenters. The smallest absolute Gasteiger partial charge is 0.225 e. The average molecular weight is 458 g/mol. The number of H-pyrrole nitrogens is 2. The minimum absolute atomic E-state index is 0.0615. The van der Waals surface area contributed by atoms with E-state index >= 15 is 0 Å². The fraction of sp³-hybridized carbons (Fsp3) is 0.333. The van der Waals surface area contributed by atoms with Crippen molar-refractivity contribution in [1.29, 1.82) is 0 Å². The van der Waals surface area contributed by atoms with Crippen LogP contribution in [0.15, 0.2) is 61.1 Å². The summed E-state index contributed by atoms with van der Waals surface area (Å²) < 4.78 is 0. The van der Waals surface area contributed by atoms with Crippen molar-refractivity contribution in [1.82, 2.24) is 25.3 Å². The molecule has 7 nitrogen and oxygen atoms in total. The van der Waals surface area contributed by atoms with Gasteiger partial charge in [0.2, 0.25) is 5.91 Å². The summed E-state index contributed by atoms with van der Waals surface area (Å²) in [7, 11) is 0. The van der Waals surface area contributed by atoms with Crippen LogP contribution in [-0.2, 0) is 16.0 Å². The van der Waals surface area contributed by atoms with Gasteiger partial charge in [-0.3, -0.25) is 9.59 Å². The van der Waals surface area contributed by atoms with E-state index < -0.39 is 0 Å². The van der Waals surface area contributed by atoms with Crippen LogP contribution >= 0.6 is 0 Å². The molecule has 0 aliphatic carbocycles. The fourth-order valence-electron chi connectivity index (χ4n) is 4.16. The van der Waals surface area contributed by atoms with Crippen molar-refractivity contribution in [3.05, 3.63) is 72.4 Å². The van der Waals surface area contributed by atoms with Gasteiger partial charge in [-0.05, 0) is 36.1 Å². The molecule has 0 radical (unpaired) electrons. The van der Waals surface area contributed by atoms with Crippen molar-refractivity contribution >= 4 is 22.7 Å². The number of rotatable bonds is 12. The van der Waals surface area contributed by atoms with E-state index in [2.05, 4.69) is 25.3 Å². The maximum absolute atomic E-state index is 13.0. The summed E-state index contributed by atoms with van der Waals surface area (Å²) in [6.45, 7) is 1.90. The average Bonchev–Trinajstić information content (AvgIpc) is 3.51. The number of hydrogen-bond acceptors (Lipinski definition) is 4. The number of fused-ring (bicyclic) bond motifs is 1. The Morgan fingerprint density at radius 3 is 2.71 bits per heavy atom. The molecule has 0 aliphatic rings. The lowest BCUT2D eigenvalue weighted by molar-refractivity contribution is -0.121. The number of nitrogens with one attached hydrogen (secondary N) is 3. The van der Waals surface area contributed by atoms with Crippen molar-refractivity contribution in [2.75, 3.05) is 0 Å². The first-order valence-corrected chi connectivity index (χ1v) is 12.0. The molecule has 0 bridgehead atoms. The van der Waals surface area contributed by atoms with E-state index in [1.165, 1.54) is 0 Å². The molecule has 0 fully saturated rings. The molecule has 3 N–H and O–H groups in total. The minimum atomic E-state index is -0.227. The van der Waals surface area contributed by atoms with Crippen LogP contribution < -0.4 is 5.32 Å². The van der Waals surface area contributed by atoms with Crippen LogP contribution in [0.5, 0.6) is 0 Å². The zero-order valence-electron chi connectivity index (χ0n) is 19.5. The van der Waals surface area contributed by atoms with Gasteiger partial charge in [-0.15, -0.1) is 0 Å². The van der Waals surface area contributed by atoms with E-state index in [9.17, 15) is 9.59 Å². The molecule has 4 rings (SSSR count). The Balaban J connectivity index is 1.44. The first-order chi connectivity index (χ1) is 16.6. The summed E-state index contributed by atoms with van der Waals surface area (Å²) in [5.41, 5.74) is 3.67. The Kier molecular flexibility index (Phi) is 7.86. The molecule has 1 amide bonds. The van der Waals surface area contributed by atoms with Gasteiger partial charge in [0, 0.05) is 30.6 Å². The van der Waals surface area contributed by atoms with E-state index in [0.717, 1.165) is 59.4 Å². The lowest BCUT2D eigenvalue weighted by atomic mass is 10.0. The Bertz CT molecular complexity index is 1230. The standard InChI is InChI=1S/C27H31N5O2/c1-2-21(33)12-7-4-8-14-23(27-30-18-24(32-27)19-10-5-3-6-11-19)31-25(34)16-20-17-29-26-22(20)13-9-15-28-26/h3,5-6,9-11,13,15,17-18,23H,2,4,7-8,12,14,16H2,1H3,(H,28,29)(H,30,32)(H,31,34)/t23-/m0/s1. The minimum Gasteiger partial charge on any atom is -0.346 e. The third kappa shape index (κ3) is 5.98. The van der Waals surface area contributed by atoms with Crippen molar-refractivity contribution in [3.63, 3.8) is 0 Å². The Morgan fingerprint density at radius 2 is 1.88 bits per heavy atom. The highest BCUT2D eigenvalue weighted by Gasteiger charge is 2.19. The molecule has 0 aliphatic heterocycles. The van der Waals surface area contributed by atoms with Gasteiger partial charge in [-0.25, -0.2) is 9.97 Å². The van der Waals surface area contributed by atoms with Crippen molar-refractivity contribution in [2.45, 2.75) is 57.9 Å². The number of benzene rings is 1. The molecule has 176 valence electrons. The van der Waals surface area contributed by atoms with Gasteiger partial charge in [0.15, 0.2) is 0 Å². The predicted molar refractivity (Wildman–Crippen MR) is 133 cm³/mol. The number of pyridine rings is 1. The van der Waals surface area contributed by atoms with Crippen LogP contribution in [0.25, 0.3) is 22.3 Å². The largest absolute Gasteiger partial charge is 0.346 e. The normalized spacial score (nSPS) is 12.0. The zero-order chi connectivity index (χ0) is 23.8. The number of unbranched alkanes of at least 4 members (excludes halogenated alkanes) is 2. The van der Waals surface area contributed by atoms with Crippen LogP contribution in [-0.4, -0.2) is 31.6 Å². The quantitative estimate of drug-likeness (QED) is 0.252. The summed E-state index contributed by atoms with van der Waals surface area (Å²) in [5.74, 6) is 0.989. The Hall–Kier alpha value is -3.74. The van der Waals surface area contributed by atoms with Gasteiger partial charge in [0.1, 0.15) is 17.3 Å². The number of nitrogens with zero attached hydrogens (tertiary/aromatic N) is 2. The molecule has 0 saturated carbocycles. The summed E-state index contributed by atoms with van der Waals surface area (Å²) in [5, 5.41) is 4.14. The molecule has 34 heavy (non-hydrogen) atoms. The number of hydrogen-bond donors (Lipinski definition) is 3. The van der Waals surface area contributed by atoms with Crippen LogP contribution in [0.2, 0.25) is 0 Å². The third-order valence-electron chi connectivity index (χ3n) is 6.08. The highest BCUT2D eigenvalue weighted by molar-refractivity contribution is 5.87. The first-order valence-electron chi connectivity index (χ1n) is 12.0. The summed E-state index contributed by atoms with van der Waals surface area (Å²) in [6.07, 6.45) is 10.3. The van der Waals surface area contributed by atoms with E-state index in [-0.39, 0.29) is 18.4 Å². The van der Waals surface area contributed by atoms with Gasteiger partial charge >= 0.3 is 0 Å². The predicted octanol–water partition coefficient (Wildman–Crippen LogP) is 5.28. The number of amides is 1. The summed E-state index contributed by atoms with van der Waals surface area (Å²) in [6, 6.07) is 13.6. The topological polar surface area (TPSA) is 104 Å². The van der Waals surface area contributed by atoms with E-state index in [1.54, 1.807) is 6.20 Å². The number of Topliss-reactive ketones (excluding diaryl/α,β-unsaturated/α-hetero) is 1. The number of aromatic nitrogens is 4. The monoisotopic (exact) mass is 457 g/mol. The van der Waals surface area contributed by atoms with Crippen molar-refractivity contribution < 1.29 is 9.59 Å². The summed E-state index contributed by atoms with van der Waals surface area (Å²) in [4.78, 5) is 40.0. The SMILES string of the molecule is CCC(=O)CCCCC[C@H](NC(=O)Cc1c[nH]c2ncccc12)c1ncc(-c2ccccc2)[nH]1. The van der Waals surface area contributed by atoms with Crippen LogP contribution in [0.3, 0.4) is 0 Å². The highest BCUT2D eigenvalue weighted by atomic mass is 16.1. The second-order valence-corrected chi connectivity index (χ2v) is 8.55. The van der Waals surface area contributed by atoms with Gasteiger partial charge in [-0.2, -0.15) is 0 Å². The number of ketones is 1. The molecular weight excluding hydrogens is 426 g/mol. The van der Waals surface area contributed by atoms with E-state index in [1.807, 2.05) is 61.8 Å². The maximum Gasteiger partial charge on any atom is 0.225 e.